The van der Waals surface area contributed by atoms with Crippen molar-refractivity contribution in [1.82, 2.24) is 0 Å². The van der Waals surface area contributed by atoms with Gasteiger partial charge in [0.05, 0.1) is 0 Å². The summed E-state index contributed by atoms with van der Waals surface area (Å²) in [6.07, 6.45) is -4.81. The number of unbranched alkanes of at least 4 members (excludes halogenated alkanes) is 2. The second-order valence-electron chi connectivity index (χ2n) is 4.50. The Balaban J connectivity index is 3.92. The zero-order chi connectivity index (χ0) is 15.8. The van der Waals surface area contributed by atoms with Crippen molar-refractivity contribution in [3.8, 4) is 0 Å². The number of rotatable bonds is 10. The lowest BCUT2D eigenvalue weighted by atomic mass is 10.1. The maximum absolute atomic E-state index is 12.6. The Morgan fingerprint density at radius 3 is 2.20 bits per heavy atom. The monoisotopic (exact) mass is 322 g/mol. The van der Waals surface area contributed by atoms with Crippen molar-refractivity contribution < 1.29 is 31.9 Å². The minimum absolute atomic E-state index is 0.145. The second kappa shape index (κ2) is 8.69. The SMILES string of the molecule is CCCCC(SCCCCC(F)(F)C(F)(F)F)C(=O)O. The number of hydrogen-bond acceptors (Lipinski definition) is 2. The third kappa shape index (κ3) is 7.31. The Hall–Kier alpha value is -0.530. The number of carboxylic acids is 1. The molecular weight excluding hydrogens is 303 g/mol. The van der Waals surface area contributed by atoms with Crippen LogP contribution in [-0.4, -0.2) is 34.2 Å². The summed E-state index contributed by atoms with van der Waals surface area (Å²) in [6, 6.07) is 0. The van der Waals surface area contributed by atoms with Crippen molar-refractivity contribution in [2.24, 2.45) is 0 Å². The highest BCUT2D eigenvalue weighted by atomic mass is 32.2. The minimum Gasteiger partial charge on any atom is -0.480 e. The molecule has 0 aromatic heterocycles. The zero-order valence-electron chi connectivity index (χ0n) is 11.2. The van der Waals surface area contributed by atoms with Gasteiger partial charge in [0.25, 0.3) is 0 Å². The standard InChI is InChI=1S/C12H19F5O2S/c1-2-3-6-9(10(18)19)20-8-5-4-7-11(13,14)12(15,16)17/h9H,2-8H2,1H3,(H,18,19). The van der Waals surface area contributed by atoms with Gasteiger partial charge < -0.3 is 5.11 Å². The fourth-order valence-corrected chi connectivity index (χ4v) is 2.62. The normalized spacial score (nSPS) is 14.3. The quantitative estimate of drug-likeness (QED) is 0.467. The van der Waals surface area contributed by atoms with Crippen LogP contribution in [0.4, 0.5) is 22.0 Å². The first-order chi connectivity index (χ1) is 9.12. The van der Waals surface area contributed by atoms with E-state index in [1.54, 1.807) is 0 Å². The van der Waals surface area contributed by atoms with Crippen LogP contribution in [-0.2, 0) is 4.79 Å². The van der Waals surface area contributed by atoms with Gasteiger partial charge in [-0.3, -0.25) is 4.79 Å². The number of thioether (sulfide) groups is 1. The second-order valence-corrected chi connectivity index (χ2v) is 5.81. The van der Waals surface area contributed by atoms with Gasteiger partial charge in [0.1, 0.15) is 5.25 Å². The molecule has 1 N–H and O–H groups in total. The van der Waals surface area contributed by atoms with Gasteiger partial charge in [-0.05, 0) is 25.0 Å². The van der Waals surface area contributed by atoms with Crippen LogP contribution in [0, 0.1) is 0 Å². The van der Waals surface area contributed by atoms with Gasteiger partial charge in [-0.15, -0.1) is 11.8 Å². The van der Waals surface area contributed by atoms with E-state index >= 15 is 0 Å². The van der Waals surface area contributed by atoms with Crippen molar-refractivity contribution >= 4 is 17.7 Å². The van der Waals surface area contributed by atoms with Gasteiger partial charge in [-0.1, -0.05) is 19.8 Å². The molecule has 0 aliphatic heterocycles. The smallest absolute Gasteiger partial charge is 0.453 e. The summed E-state index contributed by atoms with van der Waals surface area (Å²) in [5.74, 6) is -5.36. The molecule has 0 fully saturated rings. The van der Waals surface area contributed by atoms with E-state index in [-0.39, 0.29) is 18.6 Å². The molecule has 0 aliphatic carbocycles. The van der Waals surface area contributed by atoms with Crippen LogP contribution >= 0.6 is 11.8 Å². The van der Waals surface area contributed by atoms with Crippen LogP contribution in [0.25, 0.3) is 0 Å². The Morgan fingerprint density at radius 1 is 1.15 bits per heavy atom. The van der Waals surface area contributed by atoms with Crippen LogP contribution < -0.4 is 0 Å². The van der Waals surface area contributed by atoms with Crippen molar-refractivity contribution in [1.29, 1.82) is 0 Å². The van der Waals surface area contributed by atoms with E-state index in [1.807, 2.05) is 6.92 Å². The lowest BCUT2D eigenvalue weighted by Crippen LogP contribution is -2.36. The molecule has 8 heteroatoms. The Morgan fingerprint density at radius 2 is 1.75 bits per heavy atom. The van der Waals surface area contributed by atoms with Gasteiger partial charge in [0.15, 0.2) is 0 Å². The molecule has 120 valence electrons. The summed E-state index contributed by atoms with van der Waals surface area (Å²) >= 11 is 1.10. The van der Waals surface area contributed by atoms with E-state index < -0.39 is 29.7 Å². The van der Waals surface area contributed by atoms with E-state index in [2.05, 4.69) is 0 Å². The van der Waals surface area contributed by atoms with Gasteiger partial charge >= 0.3 is 18.1 Å². The number of aliphatic carboxylic acids is 1. The molecule has 0 amide bonds. The summed E-state index contributed by atoms with van der Waals surface area (Å²) in [7, 11) is 0. The summed E-state index contributed by atoms with van der Waals surface area (Å²) in [5, 5.41) is 8.29. The highest BCUT2D eigenvalue weighted by Crippen LogP contribution is 2.39. The van der Waals surface area contributed by atoms with E-state index in [0.29, 0.717) is 6.42 Å². The third-order valence-corrected chi connectivity index (χ3v) is 4.08. The van der Waals surface area contributed by atoms with E-state index in [9.17, 15) is 26.7 Å². The number of halogens is 5. The average Bonchev–Trinajstić information content (AvgIpc) is 2.30. The fraction of sp³-hybridized carbons (Fsp3) is 0.917. The first-order valence-corrected chi connectivity index (χ1v) is 7.45. The van der Waals surface area contributed by atoms with E-state index in [4.69, 9.17) is 5.11 Å². The average molecular weight is 322 g/mol. The largest absolute Gasteiger partial charge is 0.480 e. The highest BCUT2D eigenvalue weighted by molar-refractivity contribution is 8.00. The first kappa shape index (κ1) is 19.5. The Labute approximate surface area is 119 Å². The molecular formula is C12H19F5O2S. The minimum atomic E-state index is -5.51. The summed E-state index contributed by atoms with van der Waals surface area (Å²) < 4.78 is 60.8. The number of carbonyl (C=O) groups is 1. The third-order valence-electron chi connectivity index (χ3n) is 2.71. The Kier molecular flexibility index (Phi) is 8.46. The number of carboxylic acid groups (broad SMARTS) is 1. The van der Waals surface area contributed by atoms with Crippen molar-refractivity contribution in [2.45, 2.75) is 62.8 Å². The van der Waals surface area contributed by atoms with E-state index in [1.165, 1.54) is 0 Å². The maximum atomic E-state index is 12.6. The topological polar surface area (TPSA) is 37.3 Å². The lowest BCUT2D eigenvalue weighted by Gasteiger charge is -2.19. The van der Waals surface area contributed by atoms with Crippen LogP contribution in [0.15, 0.2) is 0 Å². The molecule has 0 aromatic carbocycles. The van der Waals surface area contributed by atoms with Crippen molar-refractivity contribution in [3.05, 3.63) is 0 Å². The van der Waals surface area contributed by atoms with Crippen LogP contribution in [0.1, 0.15) is 45.4 Å². The molecule has 1 unspecified atom stereocenters. The predicted octanol–water partition coefficient (Wildman–Crippen LogP) is 4.73. The summed E-state index contributed by atoms with van der Waals surface area (Å²) in [6.45, 7) is 1.92. The molecule has 0 aliphatic rings. The summed E-state index contributed by atoms with van der Waals surface area (Å²) in [4.78, 5) is 10.9. The van der Waals surface area contributed by atoms with Crippen molar-refractivity contribution in [3.63, 3.8) is 0 Å². The molecule has 0 bridgehead atoms. The molecule has 1 atom stereocenters. The van der Waals surface area contributed by atoms with Gasteiger partial charge in [-0.2, -0.15) is 22.0 Å². The zero-order valence-corrected chi connectivity index (χ0v) is 12.0. The molecule has 0 rings (SSSR count). The molecule has 0 aromatic rings. The molecule has 0 saturated carbocycles. The van der Waals surface area contributed by atoms with Crippen LogP contribution in [0.5, 0.6) is 0 Å². The number of hydrogen-bond donors (Lipinski definition) is 1. The van der Waals surface area contributed by atoms with E-state index in [0.717, 1.165) is 24.6 Å². The Bertz CT molecular complexity index is 294. The van der Waals surface area contributed by atoms with Crippen molar-refractivity contribution in [2.75, 3.05) is 5.75 Å². The predicted molar refractivity (Wildman–Crippen MR) is 68.3 cm³/mol. The molecule has 20 heavy (non-hydrogen) atoms. The van der Waals surface area contributed by atoms with Gasteiger partial charge in [0, 0.05) is 6.42 Å². The molecule has 2 nitrogen and oxygen atoms in total. The first-order valence-electron chi connectivity index (χ1n) is 6.40. The molecule has 0 radical (unpaired) electrons. The van der Waals surface area contributed by atoms with Gasteiger partial charge in [0.2, 0.25) is 0 Å². The number of alkyl halides is 5. The van der Waals surface area contributed by atoms with Crippen LogP contribution in [0.2, 0.25) is 0 Å². The van der Waals surface area contributed by atoms with Crippen LogP contribution in [0.3, 0.4) is 0 Å². The summed E-state index contributed by atoms with van der Waals surface area (Å²) in [5.41, 5.74) is 0. The molecule has 0 heterocycles. The molecule has 0 saturated heterocycles. The fourth-order valence-electron chi connectivity index (χ4n) is 1.48. The highest BCUT2D eigenvalue weighted by Gasteiger charge is 2.56. The molecule has 0 spiro atoms. The van der Waals surface area contributed by atoms with Gasteiger partial charge in [-0.25, -0.2) is 0 Å². The lowest BCUT2D eigenvalue weighted by molar-refractivity contribution is -0.284. The maximum Gasteiger partial charge on any atom is 0.453 e.